The summed E-state index contributed by atoms with van der Waals surface area (Å²) in [6.45, 7) is 2.19. The largest absolute Gasteiger partial charge is 0.381 e. The molecule has 7 nitrogen and oxygen atoms in total. The molecule has 0 amide bonds. The molecule has 19 heavy (non-hydrogen) atoms. The van der Waals surface area contributed by atoms with Crippen molar-refractivity contribution in [3.05, 3.63) is 22.4 Å². The van der Waals surface area contributed by atoms with Crippen LogP contribution in [0.25, 0.3) is 0 Å². The van der Waals surface area contributed by atoms with Crippen molar-refractivity contribution in [1.29, 1.82) is 0 Å². The SMILES string of the molecule is Cc1nc(CCNS(=O)(=O)c2c(N)ncn2C)cs1. The van der Waals surface area contributed by atoms with E-state index in [1.165, 1.54) is 10.9 Å². The standard InChI is InChI=1S/C10H15N5O2S2/c1-7-14-8(5-18-7)3-4-13-19(16,17)10-9(11)12-6-15(10)2/h5-6,13H,3-4,11H2,1-2H3. The Labute approximate surface area is 115 Å². The molecule has 3 N–H and O–H groups in total. The van der Waals surface area contributed by atoms with E-state index < -0.39 is 10.0 Å². The maximum absolute atomic E-state index is 12.1. The van der Waals surface area contributed by atoms with Crippen LogP contribution in [0, 0.1) is 6.92 Å². The minimum Gasteiger partial charge on any atom is -0.381 e. The lowest BCUT2D eigenvalue weighted by Crippen LogP contribution is -2.28. The normalized spacial score (nSPS) is 11.9. The molecule has 2 rings (SSSR count). The molecule has 0 aromatic carbocycles. The van der Waals surface area contributed by atoms with E-state index in [1.807, 2.05) is 12.3 Å². The van der Waals surface area contributed by atoms with Crippen molar-refractivity contribution < 1.29 is 8.42 Å². The highest BCUT2D eigenvalue weighted by Crippen LogP contribution is 2.15. The number of anilines is 1. The Kier molecular flexibility index (Phi) is 3.88. The number of thiazole rings is 1. The maximum Gasteiger partial charge on any atom is 0.260 e. The summed E-state index contributed by atoms with van der Waals surface area (Å²) in [6.07, 6.45) is 1.91. The minimum atomic E-state index is -3.64. The lowest BCUT2D eigenvalue weighted by atomic mass is 10.3. The zero-order valence-electron chi connectivity index (χ0n) is 10.6. The van der Waals surface area contributed by atoms with Crippen LogP contribution in [0.4, 0.5) is 5.82 Å². The predicted molar refractivity (Wildman–Crippen MR) is 73.4 cm³/mol. The van der Waals surface area contributed by atoms with Crippen LogP contribution in [0.5, 0.6) is 0 Å². The molecule has 0 bridgehead atoms. The fourth-order valence-electron chi connectivity index (χ4n) is 1.67. The van der Waals surface area contributed by atoms with Crippen molar-refractivity contribution in [2.45, 2.75) is 18.4 Å². The number of hydrogen-bond acceptors (Lipinski definition) is 6. The van der Waals surface area contributed by atoms with Crippen LogP contribution in [0.3, 0.4) is 0 Å². The van der Waals surface area contributed by atoms with E-state index in [4.69, 9.17) is 5.73 Å². The monoisotopic (exact) mass is 301 g/mol. The maximum atomic E-state index is 12.1. The Morgan fingerprint density at radius 3 is 2.79 bits per heavy atom. The summed E-state index contributed by atoms with van der Waals surface area (Å²) in [4.78, 5) is 8.03. The second kappa shape index (κ2) is 5.27. The smallest absolute Gasteiger partial charge is 0.260 e. The summed E-state index contributed by atoms with van der Waals surface area (Å²) < 4.78 is 28.0. The number of nitrogens with two attached hydrogens (primary N) is 1. The number of nitrogen functional groups attached to an aromatic ring is 1. The van der Waals surface area contributed by atoms with Crippen molar-refractivity contribution in [2.24, 2.45) is 7.05 Å². The molecule has 2 aromatic heterocycles. The highest BCUT2D eigenvalue weighted by molar-refractivity contribution is 7.89. The van der Waals surface area contributed by atoms with Gasteiger partial charge in [0.15, 0.2) is 10.8 Å². The van der Waals surface area contributed by atoms with Gasteiger partial charge in [0.2, 0.25) is 0 Å². The van der Waals surface area contributed by atoms with Gasteiger partial charge in [0, 0.05) is 25.4 Å². The third kappa shape index (κ3) is 3.11. The lowest BCUT2D eigenvalue weighted by molar-refractivity contribution is 0.572. The summed E-state index contributed by atoms with van der Waals surface area (Å²) in [6, 6.07) is 0. The first kappa shape index (κ1) is 14.0. The molecule has 0 fully saturated rings. The van der Waals surface area contributed by atoms with Gasteiger partial charge in [-0.1, -0.05) is 0 Å². The van der Waals surface area contributed by atoms with Crippen LogP contribution in [0.2, 0.25) is 0 Å². The number of rotatable bonds is 5. The first-order chi connectivity index (χ1) is 8.90. The number of aryl methyl sites for hydroxylation is 2. The van der Waals surface area contributed by atoms with Crippen molar-refractivity contribution >= 4 is 27.2 Å². The first-order valence-corrected chi connectivity index (χ1v) is 7.94. The van der Waals surface area contributed by atoms with Gasteiger partial charge < -0.3 is 10.3 Å². The molecule has 2 heterocycles. The topological polar surface area (TPSA) is 103 Å². The molecule has 0 spiro atoms. The van der Waals surface area contributed by atoms with E-state index >= 15 is 0 Å². The Morgan fingerprint density at radius 2 is 2.26 bits per heavy atom. The summed E-state index contributed by atoms with van der Waals surface area (Å²) in [7, 11) is -2.06. The van der Waals surface area contributed by atoms with E-state index in [1.54, 1.807) is 18.4 Å². The van der Waals surface area contributed by atoms with Gasteiger partial charge in [-0.3, -0.25) is 0 Å². The molecule has 0 radical (unpaired) electrons. The molecule has 0 saturated heterocycles. The van der Waals surface area contributed by atoms with Gasteiger partial charge >= 0.3 is 0 Å². The van der Waals surface area contributed by atoms with Crippen LogP contribution in [0.15, 0.2) is 16.7 Å². The lowest BCUT2D eigenvalue weighted by Gasteiger charge is -2.07. The van der Waals surface area contributed by atoms with Crippen LogP contribution >= 0.6 is 11.3 Å². The Bertz CT molecular complexity index is 654. The molecule has 0 aliphatic heterocycles. The Hall–Kier alpha value is -1.45. The molecule has 0 aliphatic rings. The fourth-order valence-corrected chi connectivity index (χ4v) is 3.58. The number of imidazole rings is 1. The second-order valence-electron chi connectivity index (χ2n) is 4.05. The Balaban J connectivity index is 2.03. The van der Waals surface area contributed by atoms with E-state index in [2.05, 4.69) is 14.7 Å². The van der Waals surface area contributed by atoms with Gasteiger partial charge in [-0.15, -0.1) is 11.3 Å². The molecule has 0 atom stereocenters. The van der Waals surface area contributed by atoms with Gasteiger partial charge in [-0.05, 0) is 6.92 Å². The molecule has 0 aliphatic carbocycles. The minimum absolute atomic E-state index is 0.000460. The van der Waals surface area contributed by atoms with E-state index in [0.717, 1.165) is 10.7 Å². The average molecular weight is 301 g/mol. The molecule has 9 heteroatoms. The zero-order valence-corrected chi connectivity index (χ0v) is 12.3. The van der Waals surface area contributed by atoms with Gasteiger partial charge in [-0.2, -0.15) is 0 Å². The van der Waals surface area contributed by atoms with E-state index in [-0.39, 0.29) is 17.4 Å². The van der Waals surface area contributed by atoms with Crippen LogP contribution in [0.1, 0.15) is 10.7 Å². The van der Waals surface area contributed by atoms with Crippen molar-refractivity contribution in [2.75, 3.05) is 12.3 Å². The van der Waals surface area contributed by atoms with Gasteiger partial charge in [-0.25, -0.2) is 23.1 Å². The van der Waals surface area contributed by atoms with Gasteiger partial charge in [0.05, 0.1) is 17.0 Å². The molecule has 2 aromatic rings. The number of hydrogen-bond donors (Lipinski definition) is 2. The second-order valence-corrected chi connectivity index (χ2v) is 6.80. The average Bonchev–Trinajstić information content (AvgIpc) is 2.86. The zero-order chi connectivity index (χ0) is 14.0. The molecular weight excluding hydrogens is 286 g/mol. The van der Waals surface area contributed by atoms with Crippen molar-refractivity contribution in [1.82, 2.24) is 19.3 Å². The third-order valence-corrected chi connectivity index (χ3v) is 4.92. The summed E-state index contributed by atoms with van der Waals surface area (Å²) in [5.41, 5.74) is 6.43. The number of nitrogens with one attached hydrogen (secondary N) is 1. The van der Waals surface area contributed by atoms with Crippen molar-refractivity contribution in [3.63, 3.8) is 0 Å². The summed E-state index contributed by atoms with van der Waals surface area (Å²) in [5, 5.41) is 2.87. The van der Waals surface area contributed by atoms with E-state index in [9.17, 15) is 8.42 Å². The van der Waals surface area contributed by atoms with Gasteiger partial charge in [0.1, 0.15) is 0 Å². The molecule has 104 valence electrons. The summed E-state index contributed by atoms with van der Waals surface area (Å²) >= 11 is 1.54. The number of nitrogens with zero attached hydrogens (tertiary/aromatic N) is 3. The molecule has 0 saturated carbocycles. The van der Waals surface area contributed by atoms with Crippen molar-refractivity contribution in [3.8, 4) is 0 Å². The quantitative estimate of drug-likeness (QED) is 0.826. The predicted octanol–water partition coefficient (Wildman–Crippen LogP) is 0.288. The third-order valence-electron chi connectivity index (χ3n) is 2.50. The van der Waals surface area contributed by atoms with E-state index in [0.29, 0.717) is 6.42 Å². The van der Waals surface area contributed by atoms with Crippen LogP contribution < -0.4 is 10.5 Å². The van der Waals surface area contributed by atoms with Crippen LogP contribution in [-0.4, -0.2) is 29.5 Å². The molecular formula is C10H15N5O2S2. The summed E-state index contributed by atoms with van der Waals surface area (Å²) in [5.74, 6) is -0.000460. The highest BCUT2D eigenvalue weighted by Gasteiger charge is 2.21. The Morgan fingerprint density at radius 1 is 1.53 bits per heavy atom. The fraction of sp³-hybridized carbons (Fsp3) is 0.400. The van der Waals surface area contributed by atoms with Gasteiger partial charge in [0.25, 0.3) is 10.0 Å². The highest BCUT2D eigenvalue weighted by atomic mass is 32.2. The number of aromatic nitrogens is 3. The molecule has 0 unspecified atom stereocenters. The van der Waals surface area contributed by atoms with Crippen LogP contribution in [-0.2, 0) is 23.5 Å². The number of sulfonamides is 1. The first-order valence-electron chi connectivity index (χ1n) is 5.57.